The van der Waals surface area contributed by atoms with Gasteiger partial charge < -0.3 is 9.42 Å². The molecule has 0 atom stereocenters. The van der Waals surface area contributed by atoms with Gasteiger partial charge in [0.1, 0.15) is 5.82 Å². The van der Waals surface area contributed by atoms with Crippen LogP contribution in [0.2, 0.25) is 5.02 Å². The van der Waals surface area contributed by atoms with Crippen LogP contribution in [0.1, 0.15) is 17.0 Å². The van der Waals surface area contributed by atoms with E-state index >= 15 is 0 Å². The summed E-state index contributed by atoms with van der Waals surface area (Å²) in [4.78, 5) is 9.14. The van der Waals surface area contributed by atoms with Crippen molar-refractivity contribution in [2.24, 2.45) is 0 Å². The number of halogens is 2. The third kappa shape index (κ3) is 5.55. The first-order valence-electron chi connectivity index (χ1n) is 9.94. The zero-order chi connectivity index (χ0) is 20.1. The first-order chi connectivity index (χ1) is 14.2. The number of anilines is 1. The molecule has 0 amide bonds. The van der Waals surface area contributed by atoms with Crippen LogP contribution in [0.25, 0.3) is 0 Å². The highest BCUT2D eigenvalue weighted by Gasteiger charge is 2.21. The van der Waals surface area contributed by atoms with Crippen LogP contribution in [0.15, 0.2) is 53.1 Å². The quantitative estimate of drug-likeness (QED) is 0.584. The summed E-state index contributed by atoms with van der Waals surface area (Å²) in [6.07, 6.45) is 2.46. The Morgan fingerprint density at radius 2 is 1.52 bits per heavy atom. The highest BCUT2D eigenvalue weighted by atomic mass is 35.5. The van der Waals surface area contributed by atoms with Gasteiger partial charge in [0.15, 0.2) is 5.82 Å². The Hall–Kier alpha value is -2.44. The minimum atomic E-state index is -0.220. The van der Waals surface area contributed by atoms with E-state index in [2.05, 4.69) is 32.1 Å². The average Bonchev–Trinajstić information content (AvgIpc) is 3.22. The first kappa shape index (κ1) is 19.9. The fourth-order valence-electron chi connectivity index (χ4n) is 3.48. The van der Waals surface area contributed by atoms with Crippen LogP contribution in [0.3, 0.4) is 0 Å². The van der Waals surface area contributed by atoms with Crippen LogP contribution in [-0.4, -0.2) is 47.8 Å². The minimum absolute atomic E-state index is 0.220. The van der Waals surface area contributed by atoms with Gasteiger partial charge in [0.25, 0.3) is 0 Å². The van der Waals surface area contributed by atoms with E-state index in [9.17, 15) is 4.39 Å². The standard InChI is InChI=1S/C22H24ClFN4O/c23-19-6-1-18(2-7-19)11-12-27-13-15-28(16-14-27)22-25-21(26-29-22)10-5-17-3-8-20(24)9-4-17/h1-4,6-9H,5,10-16H2. The zero-order valence-corrected chi connectivity index (χ0v) is 17.0. The van der Waals surface area contributed by atoms with Crippen molar-refractivity contribution in [3.8, 4) is 0 Å². The van der Waals surface area contributed by atoms with E-state index in [-0.39, 0.29) is 5.82 Å². The monoisotopic (exact) mass is 414 g/mol. The Morgan fingerprint density at radius 1 is 0.862 bits per heavy atom. The molecule has 4 rings (SSSR count). The fourth-order valence-corrected chi connectivity index (χ4v) is 3.61. The molecule has 1 aromatic heterocycles. The Morgan fingerprint density at radius 3 is 2.24 bits per heavy atom. The molecule has 3 aromatic rings. The molecule has 1 fully saturated rings. The van der Waals surface area contributed by atoms with Crippen molar-refractivity contribution in [1.29, 1.82) is 0 Å². The fraction of sp³-hybridized carbons (Fsp3) is 0.364. The highest BCUT2D eigenvalue weighted by molar-refractivity contribution is 6.30. The summed E-state index contributed by atoms with van der Waals surface area (Å²) >= 11 is 5.94. The SMILES string of the molecule is Fc1ccc(CCc2noc(N3CCN(CCc4ccc(Cl)cc4)CC3)n2)cc1. The van der Waals surface area contributed by atoms with Crippen molar-refractivity contribution in [1.82, 2.24) is 15.0 Å². The van der Waals surface area contributed by atoms with E-state index in [1.165, 1.54) is 17.7 Å². The topological polar surface area (TPSA) is 45.4 Å². The Bertz CT molecular complexity index is 905. The molecule has 0 radical (unpaired) electrons. The number of piperazine rings is 1. The third-order valence-corrected chi connectivity index (χ3v) is 5.53. The molecule has 5 nitrogen and oxygen atoms in total. The van der Waals surface area contributed by atoms with Gasteiger partial charge in [0.05, 0.1) is 0 Å². The maximum absolute atomic E-state index is 13.0. The molecule has 0 N–H and O–H groups in total. The lowest BCUT2D eigenvalue weighted by Crippen LogP contribution is -2.47. The molecule has 7 heteroatoms. The van der Waals surface area contributed by atoms with Crippen molar-refractivity contribution in [2.75, 3.05) is 37.6 Å². The summed E-state index contributed by atoms with van der Waals surface area (Å²) in [6.45, 7) is 4.73. The smallest absolute Gasteiger partial charge is 0.322 e. The van der Waals surface area contributed by atoms with Crippen LogP contribution in [0.4, 0.5) is 10.4 Å². The number of aryl methyl sites for hydroxylation is 2. The normalized spacial score (nSPS) is 15.0. The van der Waals surface area contributed by atoms with Gasteiger partial charge in [-0.3, -0.25) is 4.90 Å². The number of nitrogens with zero attached hydrogens (tertiary/aromatic N) is 4. The molecule has 0 unspecified atom stereocenters. The van der Waals surface area contributed by atoms with Crippen molar-refractivity contribution >= 4 is 17.6 Å². The van der Waals surface area contributed by atoms with E-state index in [4.69, 9.17) is 16.1 Å². The van der Waals surface area contributed by atoms with Gasteiger partial charge in [-0.15, -0.1) is 0 Å². The summed E-state index contributed by atoms with van der Waals surface area (Å²) < 4.78 is 18.4. The van der Waals surface area contributed by atoms with Gasteiger partial charge >= 0.3 is 6.01 Å². The molecule has 0 aliphatic carbocycles. The second-order valence-corrected chi connectivity index (χ2v) is 7.76. The van der Waals surface area contributed by atoms with Crippen molar-refractivity contribution in [3.63, 3.8) is 0 Å². The third-order valence-electron chi connectivity index (χ3n) is 5.28. The molecule has 0 spiro atoms. The molecular weight excluding hydrogens is 391 g/mol. The molecule has 152 valence electrons. The lowest BCUT2D eigenvalue weighted by Gasteiger charge is -2.33. The van der Waals surface area contributed by atoms with Crippen LogP contribution in [0, 0.1) is 5.82 Å². The lowest BCUT2D eigenvalue weighted by atomic mass is 10.1. The van der Waals surface area contributed by atoms with Crippen LogP contribution in [0.5, 0.6) is 0 Å². The van der Waals surface area contributed by atoms with Crippen LogP contribution in [-0.2, 0) is 19.3 Å². The number of aromatic nitrogens is 2. The number of hydrogen-bond acceptors (Lipinski definition) is 5. The number of hydrogen-bond donors (Lipinski definition) is 0. The van der Waals surface area contributed by atoms with Gasteiger partial charge in [-0.25, -0.2) is 4.39 Å². The van der Waals surface area contributed by atoms with E-state index in [0.717, 1.165) is 56.2 Å². The predicted molar refractivity (Wildman–Crippen MR) is 112 cm³/mol. The second kappa shape index (κ2) is 9.37. The lowest BCUT2D eigenvalue weighted by molar-refractivity contribution is 0.253. The largest absolute Gasteiger partial charge is 0.324 e. The van der Waals surface area contributed by atoms with E-state index in [0.29, 0.717) is 18.3 Å². The molecular formula is C22H24ClFN4O. The Balaban J connectivity index is 1.22. The van der Waals surface area contributed by atoms with Crippen molar-refractivity contribution in [2.45, 2.75) is 19.3 Å². The average molecular weight is 415 g/mol. The van der Waals surface area contributed by atoms with Crippen molar-refractivity contribution in [3.05, 3.63) is 76.3 Å². The van der Waals surface area contributed by atoms with E-state index in [1.54, 1.807) is 12.1 Å². The minimum Gasteiger partial charge on any atom is -0.322 e. The molecule has 0 saturated carbocycles. The van der Waals surface area contributed by atoms with E-state index < -0.39 is 0 Å². The van der Waals surface area contributed by atoms with Gasteiger partial charge in [-0.05, 0) is 48.2 Å². The second-order valence-electron chi connectivity index (χ2n) is 7.32. The first-order valence-corrected chi connectivity index (χ1v) is 10.3. The maximum Gasteiger partial charge on any atom is 0.324 e. The molecule has 2 aromatic carbocycles. The Labute approximate surface area is 175 Å². The summed E-state index contributed by atoms with van der Waals surface area (Å²) in [7, 11) is 0. The predicted octanol–water partition coefficient (Wildman–Crippen LogP) is 4.01. The summed E-state index contributed by atoms with van der Waals surface area (Å²) in [6, 6.07) is 15.2. The van der Waals surface area contributed by atoms with Crippen LogP contribution >= 0.6 is 11.6 Å². The highest BCUT2D eigenvalue weighted by Crippen LogP contribution is 2.16. The summed E-state index contributed by atoms with van der Waals surface area (Å²) in [5.41, 5.74) is 2.37. The number of benzene rings is 2. The molecule has 1 saturated heterocycles. The van der Waals surface area contributed by atoms with Gasteiger partial charge in [0.2, 0.25) is 0 Å². The summed E-state index contributed by atoms with van der Waals surface area (Å²) in [5.74, 6) is 0.470. The van der Waals surface area contributed by atoms with Gasteiger partial charge in [-0.2, -0.15) is 4.98 Å². The van der Waals surface area contributed by atoms with Crippen LogP contribution < -0.4 is 4.90 Å². The van der Waals surface area contributed by atoms with Crippen molar-refractivity contribution < 1.29 is 8.91 Å². The molecule has 1 aliphatic heterocycles. The zero-order valence-electron chi connectivity index (χ0n) is 16.2. The molecule has 0 bridgehead atoms. The molecule has 1 aliphatic rings. The number of rotatable bonds is 7. The van der Waals surface area contributed by atoms with Gasteiger partial charge in [0, 0.05) is 44.2 Å². The maximum atomic E-state index is 13.0. The van der Waals surface area contributed by atoms with Gasteiger partial charge in [-0.1, -0.05) is 41.0 Å². The van der Waals surface area contributed by atoms with E-state index in [1.807, 2.05) is 12.1 Å². The molecule has 2 heterocycles. The molecule has 29 heavy (non-hydrogen) atoms. The Kier molecular flexibility index (Phi) is 6.42. The summed E-state index contributed by atoms with van der Waals surface area (Å²) in [5, 5.41) is 4.88.